The minimum Gasteiger partial charge on any atom is -0.387 e. The molecule has 0 unspecified atom stereocenters. The van der Waals surface area contributed by atoms with Crippen molar-refractivity contribution in [2.45, 2.75) is 35.3 Å². The Morgan fingerprint density at radius 3 is 2.81 bits per heavy atom. The van der Waals surface area contributed by atoms with Gasteiger partial charge in [0.05, 0.1) is 12.0 Å². The average Bonchev–Trinajstić information content (AvgIpc) is 3.24. The maximum atomic E-state index is 11.0. The summed E-state index contributed by atoms with van der Waals surface area (Å²) in [5, 5.41) is 31.0. The van der Waals surface area contributed by atoms with Gasteiger partial charge in [0.15, 0.2) is 11.9 Å². The second-order valence-corrected chi connectivity index (χ2v) is 8.87. The molecule has 0 bridgehead atoms. The van der Waals surface area contributed by atoms with E-state index in [-0.39, 0.29) is 11.5 Å². The van der Waals surface area contributed by atoms with Crippen LogP contribution in [0.5, 0.6) is 0 Å². The Morgan fingerprint density at radius 2 is 2.10 bits per heavy atom. The highest BCUT2D eigenvalue weighted by molar-refractivity contribution is 7.98. The van der Waals surface area contributed by atoms with Gasteiger partial charge in [0, 0.05) is 18.1 Å². The molecule has 0 spiro atoms. The molecule has 0 aromatic carbocycles. The number of thioether (sulfide) groups is 1. The number of pyridine rings is 1. The van der Waals surface area contributed by atoms with Crippen LogP contribution in [0.2, 0.25) is 0 Å². The highest BCUT2D eigenvalue weighted by Crippen LogP contribution is 2.36. The lowest BCUT2D eigenvalue weighted by atomic mass is 10.1. The zero-order chi connectivity index (χ0) is 22.2. The summed E-state index contributed by atoms with van der Waals surface area (Å²) < 4.78 is 33.5. The van der Waals surface area contributed by atoms with E-state index >= 15 is 0 Å². The zero-order valence-electron chi connectivity index (χ0n) is 15.8. The SMILES string of the molecule is Nc1ncnc2c1c(SCc1cccnc1)nn2[C@@H]1O[C@H](COS(N)(=O)=O)[C@@H](O)[C@H]1O. The number of hydrogen-bond donors (Lipinski definition) is 4. The molecule has 13 nitrogen and oxygen atoms in total. The number of anilines is 1. The van der Waals surface area contributed by atoms with Crippen LogP contribution in [0.4, 0.5) is 5.82 Å². The lowest BCUT2D eigenvalue weighted by molar-refractivity contribution is -0.0531. The summed E-state index contributed by atoms with van der Waals surface area (Å²) in [7, 11) is -4.25. The summed E-state index contributed by atoms with van der Waals surface area (Å²) in [4.78, 5) is 12.3. The fourth-order valence-electron chi connectivity index (χ4n) is 3.11. The first kappa shape index (κ1) is 21.8. The second-order valence-electron chi connectivity index (χ2n) is 6.68. The number of aliphatic hydroxyl groups is 2. The van der Waals surface area contributed by atoms with E-state index in [4.69, 9.17) is 15.6 Å². The Kier molecular flexibility index (Phi) is 6.07. The van der Waals surface area contributed by atoms with E-state index in [1.165, 1.54) is 22.8 Å². The van der Waals surface area contributed by atoms with Crippen LogP contribution in [-0.4, -0.2) is 68.3 Å². The molecule has 1 saturated heterocycles. The van der Waals surface area contributed by atoms with Gasteiger partial charge in [0.25, 0.3) is 0 Å². The first-order valence-corrected chi connectivity index (χ1v) is 11.4. The van der Waals surface area contributed by atoms with Gasteiger partial charge in [-0.05, 0) is 11.6 Å². The van der Waals surface area contributed by atoms with Gasteiger partial charge in [-0.25, -0.2) is 19.8 Å². The first-order valence-electron chi connectivity index (χ1n) is 8.93. The van der Waals surface area contributed by atoms with Crippen LogP contribution in [0.15, 0.2) is 35.9 Å². The molecule has 0 saturated carbocycles. The molecule has 1 fully saturated rings. The summed E-state index contributed by atoms with van der Waals surface area (Å²) in [5.74, 6) is 0.725. The molecule has 4 atom stereocenters. The Balaban J connectivity index is 1.64. The minimum absolute atomic E-state index is 0.187. The van der Waals surface area contributed by atoms with Crippen LogP contribution >= 0.6 is 11.8 Å². The fraction of sp³-hybridized carbons (Fsp3) is 0.375. The van der Waals surface area contributed by atoms with E-state index < -0.39 is 41.5 Å². The number of ether oxygens (including phenoxy) is 1. The molecule has 4 rings (SSSR count). The number of nitrogens with two attached hydrogens (primary N) is 2. The minimum atomic E-state index is -4.25. The predicted octanol–water partition coefficient (Wildman–Crippen LogP) is -1.06. The van der Waals surface area contributed by atoms with E-state index in [0.29, 0.717) is 16.2 Å². The molecular formula is C16H19N7O6S2. The third-order valence-corrected chi connectivity index (χ3v) is 6.06. The Hall–Kier alpha value is -2.40. The highest BCUT2D eigenvalue weighted by atomic mass is 32.2. The number of fused-ring (bicyclic) bond motifs is 1. The Labute approximate surface area is 180 Å². The first-order chi connectivity index (χ1) is 14.7. The van der Waals surface area contributed by atoms with Crippen LogP contribution in [0.25, 0.3) is 11.0 Å². The van der Waals surface area contributed by atoms with E-state index in [2.05, 4.69) is 24.2 Å². The topological polar surface area (TPSA) is 202 Å². The van der Waals surface area contributed by atoms with Gasteiger partial charge in [-0.15, -0.1) is 0 Å². The number of aliphatic hydroxyl groups excluding tert-OH is 2. The van der Waals surface area contributed by atoms with E-state index in [0.717, 1.165) is 5.56 Å². The molecule has 3 aromatic heterocycles. The largest absolute Gasteiger partial charge is 0.387 e. The number of nitrogen functional groups attached to an aromatic ring is 1. The summed E-state index contributed by atoms with van der Waals surface area (Å²) >= 11 is 1.36. The fourth-order valence-corrected chi connectivity index (χ4v) is 4.39. The van der Waals surface area contributed by atoms with Crippen molar-refractivity contribution in [3.63, 3.8) is 0 Å². The van der Waals surface area contributed by atoms with Gasteiger partial charge in [0.2, 0.25) is 0 Å². The smallest absolute Gasteiger partial charge is 0.333 e. The monoisotopic (exact) mass is 469 g/mol. The predicted molar refractivity (Wildman–Crippen MR) is 109 cm³/mol. The van der Waals surface area contributed by atoms with Crippen molar-refractivity contribution in [1.29, 1.82) is 0 Å². The second kappa shape index (κ2) is 8.62. The van der Waals surface area contributed by atoms with E-state index in [1.807, 2.05) is 12.1 Å². The molecule has 1 aliphatic heterocycles. The van der Waals surface area contributed by atoms with Gasteiger partial charge >= 0.3 is 10.3 Å². The molecule has 6 N–H and O–H groups in total. The molecule has 31 heavy (non-hydrogen) atoms. The molecular weight excluding hydrogens is 450 g/mol. The van der Waals surface area contributed by atoms with Crippen molar-refractivity contribution in [3.05, 3.63) is 36.4 Å². The van der Waals surface area contributed by atoms with Crippen molar-refractivity contribution in [1.82, 2.24) is 24.7 Å². The lowest BCUT2D eigenvalue weighted by Gasteiger charge is -2.15. The summed E-state index contributed by atoms with van der Waals surface area (Å²) in [6.45, 7) is -0.577. The van der Waals surface area contributed by atoms with Crippen molar-refractivity contribution < 1.29 is 27.6 Å². The van der Waals surface area contributed by atoms with E-state index in [1.54, 1.807) is 12.4 Å². The Bertz CT molecular complexity index is 1180. The van der Waals surface area contributed by atoms with Crippen LogP contribution in [0.1, 0.15) is 11.8 Å². The van der Waals surface area contributed by atoms with Gasteiger partial charge in [-0.1, -0.05) is 17.8 Å². The van der Waals surface area contributed by atoms with Gasteiger partial charge < -0.3 is 20.7 Å². The lowest BCUT2D eigenvalue weighted by Crippen LogP contribution is -2.35. The maximum Gasteiger partial charge on any atom is 0.333 e. The van der Waals surface area contributed by atoms with Crippen molar-refractivity contribution in [3.8, 4) is 0 Å². The van der Waals surface area contributed by atoms with Crippen LogP contribution in [0, 0.1) is 0 Å². The summed E-state index contributed by atoms with van der Waals surface area (Å²) in [6.07, 6.45) is -0.588. The average molecular weight is 470 g/mol. The number of hydrogen-bond acceptors (Lipinski definition) is 12. The van der Waals surface area contributed by atoms with Gasteiger partial charge in [-0.2, -0.15) is 13.5 Å². The third-order valence-electron chi connectivity index (χ3n) is 4.56. The molecule has 3 aromatic rings. The quantitative estimate of drug-likeness (QED) is 0.306. The van der Waals surface area contributed by atoms with Crippen LogP contribution in [0.3, 0.4) is 0 Å². The van der Waals surface area contributed by atoms with Crippen molar-refractivity contribution >= 4 is 38.9 Å². The number of aromatic nitrogens is 5. The Morgan fingerprint density at radius 1 is 1.29 bits per heavy atom. The normalized spacial score (nSPS) is 24.1. The summed E-state index contributed by atoms with van der Waals surface area (Å²) in [5.41, 5.74) is 7.28. The highest BCUT2D eigenvalue weighted by Gasteiger charge is 2.45. The molecule has 0 amide bonds. The van der Waals surface area contributed by atoms with Gasteiger partial charge in [0.1, 0.15) is 35.5 Å². The van der Waals surface area contributed by atoms with Crippen LogP contribution < -0.4 is 10.9 Å². The number of rotatable bonds is 7. The molecule has 1 aliphatic rings. The van der Waals surface area contributed by atoms with Crippen LogP contribution in [-0.2, 0) is 25.0 Å². The van der Waals surface area contributed by atoms with Crippen molar-refractivity contribution in [2.24, 2.45) is 5.14 Å². The molecule has 4 heterocycles. The molecule has 0 aliphatic carbocycles. The molecule has 166 valence electrons. The summed E-state index contributed by atoms with van der Waals surface area (Å²) in [6, 6.07) is 3.73. The molecule has 0 radical (unpaired) electrons. The maximum absolute atomic E-state index is 11.0. The zero-order valence-corrected chi connectivity index (χ0v) is 17.5. The van der Waals surface area contributed by atoms with Gasteiger partial charge in [-0.3, -0.25) is 9.17 Å². The standard InChI is InChI=1S/C16H19N7O6S2/c17-13-10-14(21-7-20-13)23(22-15(10)30-6-8-2-1-3-19-4-8)16-12(25)11(24)9(29-16)5-28-31(18,26)27/h1-4,7,9,11-12,16,24-25H,5-6H2,(H2,17,20,21)(H2,18,26,27)/t9-,11-,12-,16-/m1/s1. The van der Waals surface area contributed by atoms with Crippen molar-refractivity contribution in [2.75, 3.05) is 12.3 Å². The number of nitrogens with zero attached hydrogens (tertiary/aromatic N) is 5. The third kappa shape index (κ3) is 4.62. The van der Waals surface area contributed by atoms with E-state index in [9.17, 15) is 18.6 Å². The molecule has 15 heteroatoms.